The van der Waals surface area contributed by atoms with Gasteiger partial charge in [-0.3, -0.25) is 9.78 Å². The van der Waals surface area contributed by atoms with Gasteiger partial charge in [0, 0.05) is 30.2 Å². The Morgan fingerprint density at radius 3 is 2.67 bits per heavy atom. The molecule has 0 unspecified atom stereocenters. The van der Waals surface area contributed by atoms with Crippen LogP contribution < -0.4 is 5.32 Å². The fourth-order valence-electron chi connectivity index (χ4n) is 2.70. The number of carbonyl (C=O) groups excluding carboxylic acids is 1. The van der Waals surface area contributed by atoms with E-state index in [4.69, 9.17) is 0 Å². The minimum absolute atomic E-state index is 0.0583. The van der Waals surface area contributed by atoms with Crippen LogP contribution in [0.1, 0.15) is 32.3 Å². The SMILES string of the molecule is CCn1c(SCC(=O)Nc2cccc(C(C)C)c2)nnc1-c1ccncc1. The zero-order valence-corrected chi connectivity index (χ0v) is 16.5. The number of hydrogen-bond acceptors (Lipinski definition) is 5. The first-order chi connectivity index (χ1) is 13.1. The molecule has 0 fully saturated rings. The van der Waals surface area contributed by atoms with E-state index in [2.05, 4.69) is 40.4 Å². The van der Waals surface area contributed by atoms with Crippen LogP contribution in [0.15, 0.2) is 53.9 Å². The molecule has 1 amide bonds. The molecule has 6 nitrogen and oxygen atoms in total. The molecule has 0 spiro atoms. The highest BCUT2D eigenvalue weighted by Crippen LogP contribution is 2.24. The molecule has 0 bridgehead atoms. The largest absolute Gasteiger partial charge is 0.325 e. The normalized spacial score (nSPS) is 11.0. The van der Waals surface area contributed by atoms with Crippen molar-refractivity contribution < 1.29 is 4.79 Å². The molecule has 0 atom stereocenters. The third-order valence-corrected chi connectivity index (χ3v) is 5.11. The van der Waals surface area contributed by atoms with Crippen LogP contribution in [0.2, 0.25) is 0 Å². The molecular weight excluding hydrogens is 358 g/mol. The average Bonchev–Trinajstić information content (AvgIpc) is 3.10. The summed E-state index contributed by atoms with van der Waals surface area (Å²) in [4.78, 5) is 16.4. The van der Waals surface area contributed by atoms with Crippen molar-refractivity contribution in [2.24, 2.45) is 0 Å². The fraction of sp³-hybridized carbons (Fsp3) is 0.300. The summed E-state index contributed by atoms with van der Waals surface area (Å²) in [6, 6.07) is 11.8. The predicted octanol–water partition coefficient (Wildman–Crippen LogP) is 4.21. The summed E-state index contributed by atoms with van der Waals surface area (Å²) in [6.07, 6.45) is 3.46. The zero-order chi connectivity index (χ0) is 19.2. The van der Waals surface area contributed by atoms with E-state index >= 15 is 0 Å². The first kappa shape index (κ1) is 19.1. The average molecular weight is 382 g/mol. The van der Waals surface area contributed by atoms with Crippen LogP contribution in [0.4, 0.5) is 5.69 Å². The molecule has 0 radical (unpaired) electrons. The van der Waals surface area contributed by atoms with E-state index in [1.807, 2.05) is 41.8 Å². The Morgan fingerprint density at radius 1 is 1.19 bits per heavy atom. The van der Waals surface area contributed by atoms with Crippen LogP contribution in [-0.4, -0.2) is 31.4 Å². The van der Waals surface area contributed by atoms with Crippen molar-refractivity contribution in [3.63, 3.8) is 0 Å². The number of benzene rings is 1. The van der Waals surface area contributed by atoms with Gasteiger partial charge in [-0.05, 0) is 42.7 Å². The van der Waals surface area contributed by atoms with Crippen LogP contribution in [-0.2, 0) is 11.3 Å². The fourth-order valence-corrected chi connectivity index (χ4v) is 3.50. The number of aromatic nitrogens is 4. The third-order valence-electron chi connectivity index (χ3n) is 4.14. The number of amides is 1. The molecule has 3 rings (SSSR count). The number of carbonyl (C=O) groups is 1. The first-order valence-corrected chi connectivity index (χ1v) is 9.93. The van der Waals surface area contributed by atoms with Gasteiger partial charge in [-0.1, -0.05) is 37.7 Å². The second-order valence-electron chi connectivity index (χ2n) is 6.40. The van der Waals surface area contributed by atoms with Crippen molar-refractivity contribution >= 4 is 23.4 Å². The summed E-state index contributed by atoms with van der Waals surface area (Å²) < 4.78 is 2.01. The van der Waals surface area contributed by atoms with Gasteiger partial charge in [0.2, 0.25) is 5.91 Å². The topological polar surface area (TPSA) is 72.7 Å². The number of anilines is 1. The summed E-state index contributed by atoms with van der Waals surface area (Å²) in [5, 5.41) is 12.2. The number of rotatable bonds is 7. The van der Waals surface area contributed by atoms with Crippen LogP contribution in [0.3, 0.4) is 0 Å². The second-order valence-corrected chi connectivity index (χ2v) is 7.35. The molecule has 2 aromatic heterocycles. The van der Waals surface area contributed by atoms with E-state index in [0.717, 1.165) is 28.8 Å². The summed E-state index contributed by atoms with van der Waals surface area (Å²) in [7, 11) is 0. The molecule has 0 aliphatic heterocycles. The molecule has 7 heteroatoms. The van der Waals surface area contributed by atoms with Gasteiger partial charge in [-0.2, -0.15) is 0 Å². The van der Waals surface area contributed by atoms with Crippen molar-refractivity contribution in [1.29, 1.82) is 0 Å². The number of hydrogen-bond donors (Lipinski definition) is 1. The minimum atomic E-state index is -0.0583. The van der Waals surface area contributed by atoms with Crippen LogP contribution in [0.25, 0.3) is 11.4 Å². The quantitative estimate of drug-likeness (QED) is 0.621. The lowest BCUT2D eigenvalue weighted by Crippen LogP contribution is -2.14. The molecule has 0 aliphatic carbocycles. The Balaban J connectivity index is 1.66. The summed E-state index contributed by atoms with van der Waals surface area (Å²) in [5.74, 6) is 1.43. The maximum Gasteiger partial charge on any atom is 0.234 e. The lowest BCUT2D eigenvalue weighted by atomic mass is 10.0. The van der Waals surface area contributed by atoms with Gasteiger partial charge in [-0.15, -0.1) is 10.2 Å². The molecule has 0 saturated carbocycles. The summed E-state index contributed by atoms with van der Waals surface area (Å²) >= 11 is 1.39. The molecule has 1 aromatic carbocycles. The Hall–Kier alpha value is -2.67. The van der Waals surface area contributed by atoms with Crippen LogP contribution in [0, 0.1) is 0 Å². The highest BCUT2D eigenvalue weighted by molar-refractivity contribution is 7.99. The van der Waals surface area contributed by atoms with E-state index in [0.29, 0.717) is 5.92 Å². The van der Waals surface area contributed by atoms with Gasteiger partial charge >= 0.3 is 0 Å². The molecule has 0 aliphatic rings. The van der Waals surface area contributed by atoms with Crippen molar-refractivity contribution in [3.8, 4) is 11.4 Å². The molecular formula is C20H23N5OS. The van der Waals surface area contributed by atoms with Gasteiger partial charge in [0.15, 0.2) is 11.0 Å². The number of thioether (sulfide) groups is 1. The van der Waals surface area contributed by atoms with Gasteiger partial charge < -0.3 is 9.88 Å². The van der Waals surface area contributed by atoms with E-state index < -0.39 is 0 Å². The first-order valence-electron chi connectivity index (χ1n) is 8.94. The minimum Gasteiger partial charge on any atom is -0.325 e. The Labute approximate surface area is 163 Å². The maximum atomic E-state index is 12.3. The van der Waals surface area contributed by atoms with Crippen molar-refractivity contribution in [2.45, 2.75) is 38.4 Å². The van der Waals surface area contributed by atoms with E-state index in [-0.39, 0.29) is 11.7 Å². The lowest BCUT2D eigenvalue weighted by molar-refractivity contribution is -0.113. The molecule has 3 aromatic rings. The number of nitrogens with one attached hydrogen (secondary N) is 1. The highest BCUT2D eigenvalue weighted by atomic mass is 32.2. The molecule has 27 heavy (non-hydrogen) atoms. The monoisotopic (exact) mass is 381 g/mol. The maximum absolute atomic E-state index is 12.3. The van der Waals surface area contributed by atoms with Gasteiger partial charge in [0.1, 0.15) is 0 Å². The molecule has 2 heterocycles. The zero-order valence-electron chi connectivity index (χ0n) is 15.7. The smallest absolute Gasteiger partial charge is 0.234 e. The lowest BCUT2D eigenvalue weighted by Gasteiger charge is -2.10. The van der Waals surface area contributed by atoms with Crippen molar-refractivity contribution in [3.05, 3.63) is 54.4 Å². The molecule has 140 valence electrons. The van der Waals surface area contributed by atoms with Crippen molar-refractivity contribution in [1.82, 2.24) is 19.7 Å². The van der Waals surface area contributed by atoms with Crippen LogP contribution in [0.5, 0.6) is 0 Å². The Morgan fingerprint density at radius 2 is 1.96 bits per heavy atom. The van der Waals surface area contributed by atoms with E-state index in [1.165, 1.54) is 17.3 Å². The summed E-state index contributed by atoms with van der Waals surface area (Å²) in [6.45, 7) is 7.03. The van der Waals surface area contributed by atoms with Gasteiger partial charge in [-0.25, -0.2) is 0 Å². The Kier molecular flexibility index (Phi) is 6.24. The predicted molar refractivity (Wildman–Crippen MR) is 109 cm³/mol. The van der Waals surface area contributed by atoms with Gasteiger partial charge in [0.05, 0.1) is 5.75 Å². The van der Waals surface area contributed by atoms with Crippen molar-refractivity contribution in [2.75, 3.05) is 11.1 Å². The second kappa shape index (κ2) is 8.81. The Bertz CT molecular complexity index is 908. The van der Waals surface area contributed by atoms with Crippen LogP contribution >= 0.6 is 11.8 Å². The molecule has 1 N–H and O–H groups in total. The molecule has 0 saturated heterocycles. The standard InChI is InChI=1S/C20H23N5OS/c1-4-25-19(15-8-10-21-11-9-15)23-24-20(25)27-13-18(26)22-17-7-5-6-16(12-17)14(2)3/h5-12,14H,4,13H2,1-3H3,(H,22,26). The van der Waals surface area contributed by atoms with E-state index in [1.54, 1.807) is 12.4 Å². The highest BCUT2D eigenvalue weighted by Gasteiger charge is 2.14. The third kappa shape index (κ3) is 4.74. The van der Waals surface area contributed by atoms with E-state index in [9.17, 15) is 4.79 Å². The van der Waals surface area contributed by atoms with Gasteiger partial charge in [0.25, 0.3) is 0 Å². The number of nitrogens with zero attached hydrogens (tertiary/aromatic N) is 4. The number of pyridine rings is 1. The summed E-state index contributed by atoms with van der Waals surface area (Å²) in [5.41, 5.74) is 2.98.